The van der Waals surface area contributed by atoms with E-state index in [2.05, 4.69) is 51.9 Å². The van der Waals surface area contributed by atoms with Crippen LogP contribution < -0.4 is 0 Å². The maximum Gasteiger partial charge on any atom is 0.257 e. The highest BCUT2D eigenvalue weighted by molar-refractivity contribution is 5.95. The van der Waals surface area contributed by atoms with Gasteiger partial charge in [0.15, 0.2) is 0 Å². The lowest BCUT2D eigenvalue weighted by atomic mass is 10.0. The molecule has 1 aliphatic rings. The molecule has 2 aromatic rings. The molecule has 6 nitrogen and oxygen atoms in total. The molecule has 0 radical (unpaired) electrons. The smallest absolute Gasteiger partial charge is 0.257 e. The average Bonchev–Trinajstić information content (AvgIpc) is 3.17. The van der Waals surface area contributed by atoms with E-state index >= 15 is 0 Å². The summed E-state index contributed by atoms with van der Waals surface area (Å²) >= 11 is 0. The number of carbonyl (C=O) groups is 2. The molecule has 0 aliphatic carbocycles. The van der Waals surface area contributed by atoms with Crippen LogP contribution in [0.5, 0.6) is 0 Å². The Morgan fingerprint density at radius 3 is 2.13 bits per heavy atom. The molecule has 30 heavy (non-hydrogen) atoms. The van der Waals surface area contributed by atoms with E-state index in [0.29, 0.717) is 44.1 Å². The molecule has 1 fully saturated rings. The van der Waals surface area contributed by atoms with E-state index in [-0.39, 0.29) is 17.7 Å². The molecule has 1 aromatic carbocycles. The lowest BCUT2D eigenvalue weighted by Gasteiger charge is -2.35. The van der Waals surface area contributed by atoms with E-state index in [1.165, 1.54) is 5.56 Å². The number of amides is 2. The number of aryl methyl sites for hydroxylation is 1. The Morgan fingerprint density at radius 1 is 0.967 bits per heavy atom. The SMILES string of the molecule is Cc1ccc(-n2ncc(C(=O)N3CCN(C(=O)CCC(C)C)CC3)c2C(C)C)cc1. The van der Waals surface area contributed by atoms with Gasteiger partial charge in [0.25, 0.3) is 5.91 Å². The zero-order valence-corrected chi connectivity index (χ0v) is 18.9. The van der Waals surface area contributed by atoms with Crippen molar-refractivity contribution in [1.82, 2.24) is 19.6 Å². The third-order valence-electron chi connectivity index (χ3n) is 5.72. The second-order valence-corrected chi connectivity index (χ2v) is 8.95. The molecule has 0 saturated carbocycles. The standard InChI is InChI=1S/C24H34N4O2/c1-17(2)6-11-22(29)26-12-14-27(15-13-26)24(30)21-16-25-28(23(21)18(3)4)20-9-7-19(5)8-10-20/h7-10,16-18H,6,11-15H2,1-5H3. The van der Waals surface area contributed by atoms with Crippen molar-refractivity contribution in [2.45, 2.75) is 53.4 Å². The fraction of sp³-hybridized carbons (Fsp3) is 0.542. The van der Waals surface area contributed by atoms with Gasteiger partial charge >= 0.3 is 0 Å². The molecule has 0 spiro atoms. The van der Waals surface area contributed by atoms with Crippen molar-refractivity contribution >= 4 is 11.8 Å². The minimum atomic E-state index is 0.00587. The van der Waals surface area contributed by atoms with E-state index < -0.39 is 0 Å². The number of piperazine rings is 1. The Morgan fingerprint density at radius 2 is 1.57 bits per heavy atom. The first-order valence-corrected chi connectivity index (χ1v) is 11.0. The highest BCUT2D eigenvalue weighted by atomic mass is 16.2. The summed E-state index contributed by atoms with van der Waals surface area (Å²) in [7, 11) is 0. The van der Waals surface area contributed by atoms with Gasteiger partial charge in [-0.1, -0.05) is 45.4 Å². The van der Waals surface area contributed by atoms with Crippen LogP contribution in [0, 0.1) is 12.8 Å². The minimum absolute atomic E-state index is 0.00587. The fourth-order valence-electron chi connectivity index (χ4n) is 3.87. The Balaban J connectivity index is 1.72. The molecular weight excluding hydrogens is 376 g/mol. The van der Waals surface area contributed by atoms with Crippen LogP contribution in [0.4, 0.5) is 0 Å². The summed E-state index contributed by atoms with van der Waals surface area (Å²) in [5, 5.41) is 4.54. The Kier molecular flexibility index (Phi) is 6.95. The second kappa shape index (κ2) is 9.45. The highest BCUT2D eigenvalue weighted by Crippen LogP contribution is 2.25. The topological polar surface area (TPSA) is 58.4 Å². The van der Waals surface area contributed by atoms with Gasteiger partial charge in [0.2, 0.25) is 5.91 Å². The maximum absolute atomic E-state index is 13.3. The van der Waals surface area contributed by atoms with Gasteiger partial charge in [-0.15, -0.1) is 0 Å². The average molecular weight is 411 g/mol. The molecular formula is C24H34N4O2. The van der Waals surface area contributed by atoms with Crippen LogP contribution in [0.3, 0.4) is 0 Å². The number of hydrogen-bond donors (Lipinski definition) is 0. The van der Waals surface area contributed by atoms with Gasteiger partial charge in [0.05, 0.1) is 23.1 Å². The molecule has 1 aromatic heterocycles. The predicted octanol–water partition coefficient (Wildman–Crippen LogP) is 4.02. The van der Waals surface area contributed by atoms with Crippen LogP contribution in [0.1, 0.15) is 68.1 Å². The lowest BCUT2D eigenvalue weighted by Crippen LogP contribution is -2.50. The summed E-state index contributed by atoms with van der Waals surface area (Å²) in [4.78, 5) is 29.4. The molecule has 6 heteroatoms. The second-order valence-electron chi connectivity index (χ2n) is 8.95. The molecule has 0 unspecified atom stereocenters. The monoisotopic (exact) mass is 410 g/mol. The van der Waals surface area contributed by atoms with E-state index in [1.807, 2.05) is 26.6 Å². The third-order valence-corrected chi connectivity index (χ3v) is 5.72. The van der Waals surface area contributed by atoms with Gasteiger partial charge in [-0.05, 0) is 37.3 Å². The third kappa shape index (κ3) is 4.91. The number of benzene rings is 1. The summed E-state index contributed by atoms with van der Waals surface area (Å²) in [6, 6.07) is 8.17. The van der Waals surface area contributed by atoms with Gasteiger partial charge in [-0.25, -0.2) is 4.68 Å². The maximum atomic E-state index is 13.3. The van der Waals surface area contributed by atoms with Gasteiger partial charge in [0.1, 0.15) is 0 Å². The van der Waals surface area contributed by atoms with Crippen LogP contribution in [-0.2, 0) is 4.79 Å². The first-order chi connectivity index (χ1) is 14.3. The largest absolute Gasteiger partial charge is 0.339 e. The normalized spacial score (nSPS) is 14.6. The Hall–Kier alpha value is -2.63. The molecule has 0 N–H and O–H groups in total. The van der Waals surface area contributed by atoms with Crippen molar-refractivity contribution < 1.29 is 9.59 Å². The first kappa shape index (κ1) is 22.1. The van der Waals surface area contributed by atoms with E-state index in [1.54, 1.807) is 6.20 Å². The molecule has 1 saturated heterocycles. The molecule has 1 aliphatic heterocycles. The van der Waals surface area contributed by atoms with Gasteiger partial charge < -0.3 is 9.80 Å². The fourth-order valence-corrected chi connectivity index (χ4v) is 3.87. The quantitative estimate of drug-likeness (QED) is 0.723. The number of rotatable bonds is 6. The zero-order chi connectivity index (χ0) is 21.8. The van der Waals surface area contributed by atoms with Crippen molar-refractivity contribution in [3.8, 4) is 5.69 Å². The molecule has 3 rings (SSSR count). The van der Waals surface area contributed by atoms with Crippen molar-refractivity contribution in [1.29, 1.82) is 0 Å². The molecule has 2 amide bonds. The minimum Gasteiger partial charge on any atom is -0.339 e. The van der Waals surface area contributed by atoms with Crippen LogP contribution >= 0.6 is 0 Å². The molecule has 2 heterocycles. The number of aromatic nitrogens is 2. The van der Waals surface area contributed by atoms with Crippen LogP contribution in [0.2, 0.25) is 0 Å². The number of carbonyl (C=O) groups excluding carboxylic acids is 2. The molecule has 0 bridgehead atoms. The zero-order valence-electron chi connectivity index (χ0n) is 18.9. The van der Waals surface area contributed by atoms with Gasteiger partial charge in [-0.2, -0.15) is 5.10 Å². The van der Waals surface area contributed by atoms with Crippen molar-refractivity contribution in [2.75, 3.05) is 26.2 Å². The van der Waals surface area contributed by atoms with E-state index in [9.17, 15) is 9.59 Å². The van der Waals surface area contributed by atoms with E-state index in [4.69, 9.17) is 0 Å². The van der Waals surface area contributed by atoms with Crippen molar-refractivity contribution in [3.63, 3.8) is 0 Å². The Bertz CT molecular complexity index is 875. The van der Waals surface area contributed by atoms with Crippen LogP contribution in [-0.4, -0.2) is 57.6 Å². The summed E-state index contributed by atoms with van der Waals surface area (Å²) in [6.45, 7) is 12.8. The highest BCUT2D eigenvalue weighted by Gasteiger charge is 2.28. The molecule has 162 valence electrons. The summed E-state index contributed by atoms with van der Waals surface area (Å²) < 4.78 is 1.88. The summed E-state index contributed by atoms with van der Waals surface area (Å²) in [5.41, 5.74) is 3.74. The summed E-state index contributed by atoms with van der Waals surface area (Å²) in [5.74, 6) is 0.889. The number of nitrogens with zero attached hydrogens (tertiary/aromatic N) is 4. The first-order valence-electron chi connectivity index (χ1n) is 11.0. The Labute approximate surface area is 179 Å². The predicted molar refractivity (Wildman–Crippen MR) is 119 cm³/mol. The van der Waals surface area contributed by atoms with Crippen molar-refractivity contribution in [2.24, 2.45) is 5.92 Å². The van der Waals surface area contributed by atoms with Gasteiger partial charge in [0, 0.05) is 32.6 Å². The molecule has 0 atom stereocenters. The lowest BCUT2D eigenvalue weighted by molar-refractivity contribution is -0.132. The van der Waals surface area contributed by atoms with Gasteiger partial charge in [-0.3, -0.25) is 9.59 Å². The van der Waals surface area contributed by atoms with Crippen LogP contribution in [0.25, 0.3) is 5.69 Å². The summed E-state index contributed by atoms with van der Waals surface area (Å²) in [6.07, 6.45) is 3.19. The number of hydrogen-bond acceptors (Lipinski definition) is 3. The van der Waals surface area contributed by atoms with Crippen LogP contribution in [0.15, 0.2) is 30.5 Å². The van der Waals surface area contributed by atoms with E-state index in [0.717, 1.165) is 17.8 Å². The van der Waals surface area contributed by atoms with Crippen molar-refractivity contribution in [3.05, 3.63) is 47.3 Å².